The van der Waals surface area contributed by atoms with E-state index in [0.717, 1.165) is 10.0 Å². The molecule has 0 atom stereocenters. The molecule has 16 heavy (non-hydrogen) atoms. The number of nitrogens with zero attached hydrogens (tertiary/aromatic N) is 4. The fourth-order valence-corrected chi connectivity index (χ4v) is 1.48. The zero-order chi connectivity index (χ0) is 11.8. The summed E-state index contributed by atoms with van der Waals surface area (Å²) in [4.78, 5) is 1.63. The van der Waals surface area contributed by atoms with Gasteiger partial charge in [-0.2, -0.15) is 4.80 Å². The maximum Gasteiger partial charge on any atom is 0.204 e. The Labute approximate surface area is 103 Å². The third-order valence-corrected chi connectivity index (χ3v) is 2.64. The predicted molar refractivity (Wildman–Crippen MR) is 65.9 cm³/mol. The minimum Gasteiger partial charge on any atom is -0.158 e. The number of rotatable bonds is 1. The Balaban J connectivity index is 2.35. The molecule has 4 nitrogen and oxygen atoms in total. The van der Waals surface area contributed by atoms with Crippen LogP contribution < -0.4 is 0 Å². The molecule has 1 aromatic carbocycles. The maximum absolute atomic E-state index is 4.36. The highest BCUT2D eigenvalue weighted by Crippen LogP contribution is 2.19. The van der Waals surface area contributed by atoms with Gasteiger partial charge in [-0.05, 0) is 50.3 Å². The molecule has 0 aliphatic carbocycles. The monoisotopic (exact) mass is 280 g/mol. The minimum atomic E-state index is -0.138. The van der Waals surface area contributed by atoms with Crippen molar-refractivity contribution in [2.24, 2.45) is 0 Å². The predicted octanol–water partition coefficient (Wildman–Crippen LogP) is 2.86. The molecule has 0 spiro atoms. The summed E-state index contributed by atoms with van der Waals surface area (Å²) in [6.07, 6.45) is 0. The molecule has 0 N–H and O–H groups in total. The third-order valence-electron chi connectivity index (χ3n) is 2.12. The van der Waals surface area contributed by atoms with Gasteiger partial charge in [-0.3, -0.25) is 0 Å². The Bertz CT molecular complexity index is 481. The summed E-state index contributed by atoms with van der Waals surface area (Å²) in [5.41, 5.74) is 0.833. The van der Waals surface area contributed by atoms with E-state index in [1.165, 1.54) is 0 Å². The van der Waals surface area contributed by atoms with Gasteiger partial charge >= 0.3 is 0 Å². The molecular weight excluding hydrogens is 268 g/mol. The fraction of sp³-hybridized carbons (Fsp3) is 0.364. The second kappa shape index (κ2) is 3.97. The summed E-state index contributed by atoms with van der Waals surface area (Å²) in [7, 11) is 0. The second-order valence-electron chi connectivity index (χ2n) is 4.58. The lowest BCUT2D eigenvalue weighted by Crippen LogP contribution is -2.24. The van der Waals surface area contributed by atoms with Crippen LogP contribution in [0.15, 0.2) is 28.7 Å². The maximum atomic E-state index is 4.36. The van der Waals surface area contributed by atoms with Crippen molar-refractivity contribution >= 4 is 15.9 Å². The largest absolute Gasteiger partial charge is 0.204 e. The molecule has 2 aromatic rings. The Morgan fingerprint density at radius 1 is 1.12 bits per heavy atom. The highest BCUT2D eigenvalue weighted by atomic mass is 79.9. The van der Waals surface area contributed by atoms with E-state index in [1.54, 1.807) is 4.80 Å². The number of aromatic nitrogens is 4. The molecule has 5 heteroatoms. The molecule has 1 aromatic heterocycles. The van der Waals surface area contributed by atoms with Gasteiger partial charge in [0.1, 0.15) is 0 Å². The molecule has 1 heterocycles. The standard InChI is InChI=1S/C11H13BrN4/c1-11(2,3)16-14-10(13-15-16)8-4-6-9(12)7-5-8/h4-7H,1-3H3. The van der Waals surface area contributed by atoms with Crippen LogP contribution in [0.1, 0.15) is 20.8 Å². The number of benzene rings is 1. The van der Waals surface area contributed by atoms with Gasteiger partial charge in [-0.15, -0.1) is 10.2 Å². The highest BCUT2D eigenvalue weighted by molar-refractivity contribution is 9.10. The van der Waals surface area contributed by atoms with Crippen molar-refractivity contribution < 1.29 is 0 Å². The van der Waals surface area contributed by atoms with Crippen LogP contribution in [0.4, 0.5) is 0 Å². The molecule has 2 rings (SSSR count). The van der Waals surface area contributed by atoms with Crippen molar-refractivity contribution in [2.45, 2.75) is 26.3 Å². The Morgan fingerprint density at radius 3 is 2.25 bits per heavy atom. The average Bonchev–Trinajstić information content (AvgIpc) is 2.67. The van der Waals surface area contributed by atoms with Gasteiger partial charge in [0.2, 0.25) is 5.82 Å². The van der Waals surface area contributed by atoms with Gasteiger partial charge in [-0.1, -0.05) is 15.9 Å². The number of halogens is 1. The number of hydrogen-bond acceptors (Lipinski definition) is 3. The van der Waals surface area contributed by atoms with Crippen LogP contribution in [0.25, 0.3) is 11.4 Å². The van der Waals surface area contributed by atoms with E-state index in [-0.39, 0.29) is 5.54 Å². The second-order valence-corrected chi connectivity index (χ2v) is 5.50. The molecule has 0 fully saturated rings. The first-order valence-electron chi connectivity index (χ1n) is 5.03. The first kappa shape index (κ1) is 11.3. The van der Waals surface area contributed by atoms with E-state index in [9.17, 15) is 0 Å². The summed E-state index contributed by atoms with van der Waals surface area (Å²) in [6.45, 7) is 6.13. The Morgan fingerprint density at radius 2 is 1.75 bits per heavy atom. The van der Waals surface area contributed by atoms with Gasteiger partial charge in [0.15, 0.2) is 0 Å². The summed E-state index contributed by atoms with van der Waals surface area (Å²) >= 11 is 3.39. The molecule has 0 aliphatic heterocycles. The van der Waals surface area contributed by atoms with Gasteiger partial charge in [0.05, 0.1) is 5.54 Å². The van der Waals surface area contributed by atoms with Gasteiger partial charge in [-0.25, -0.2) is 0 Å². The van der Waals surface area contributed by atoms with Crippen molar-refractivity contribution in [3.8, 4) is 11.4 Å². The topological polar surface area (TPSA) is 43.6 Å². The van der Waals surface area contributed by atoms with E-state index >= 15 is 0 Å². The van der Waals surface area contributed by atoms with Gasteiger partial charge in [0.25, 0.3) is 0 Å². The van der Waals surface area contributed by atoms with Crippen molar-refractivity contribution in [2.75, 3.05) is 0 Å². The minimum absolute atomic E-state index is 0.138. The summed E-state index contributed by atoms with van der Waals surface area (Å²) in [6, 6.07) is 7.86. The van der Waals surface area contributed by atoms with E-state index in [4.69, 9.17) is 0 Å². The van der Waals surface area contributed by atoms with Crippen molar-refractivity contribution in [1.82, 2.24) is 20.2 Å². The van der Waals surface area contributed by atoms with Crippen LogP contribution in [-0.4, -0.2) is 20.2 Å². The van der Waals surface area contributed by atoms with Crippen molar-refractivity contribution in [3.63, 3.8) is 0 Å². The van der Waals surface area contributed by atoms with Gasteiger partial charge in [0, 0.05) is 10.0 Å². The summed E-state index contributed by atoms with van der Waals surface area (Å²) in [5, 5.41) is 12.5. The molecule has 0 saturated carbocycles. The molecule has 84 valence electrons. The molecule has 0 amide bonds. The summed E-state index contributed by atoms with van der Waals surface area (Å²) in [5.74, 6) is 0.655. The average molecular weight is 281 g/mol. The zero-order valence-electron chi connectivity index (χ0n) is 9.48. The zero-order valence-corrected chi connectivity index (χ0v) is 11.1. The highest BCUT2D eigenvalue weighted by Gasteiger charge is 2.17. The lowest BCUT2D eigenvalue weighted by Gasteiger charge is -2.15. The molecule has 0 unspecified atom stereocenters. The van der Waals surface area contributed by atoms with Gasteiger partial charge < -0.3 is 0 Å². The normalized spacial score (nSPS) is 11.8. The molecular formula is C11H13BrN4. The van der Waals surface area contributed by atoms with Crippen LogP contribution in [0.3, 0.4) is 0 Å². The number of hydrogen-bond donors (Lipinski definition) is 0. The Kier molecular flexibility index (Phi) is 2.80. The summed E-state index contributed by atoms with van der Waals surface area (Å²) < 4.78 is 1.04. The Hall–Kier alpha value is -1.23. The van der Waals surface area contributed by atoms with Crippen LogP contribution in [0.5, 0.6) is 0 Å². The lowest BCUT2D eigenvalue weighted by atomic mass is 10.1. The van der Waals surface area contributed by atoms with Crippen molar-refractivity contribution in [1.29, 1.82) is 0 Å². The SMILES string of the molecule is CC(C)(C)n1nnc(-c2ccc(Br)cc2)n1. The van der Waals surface area contributed by atoms with E-state index in [2.05, 4.69) is 31.3 Å². The molecule has 0 radical (unpaired) electrons. The smallest absolute Gasteiger partial charge is 0.158 e. The van der Waals surface area contributed by atoms with E-state index in [1.807, 2.05) is 45.0 Å². The van der Waals surface area contributed by atoms with E-state index < -0.39 is 0 Å². The number of tetrazole rings is 1. The molecule has 0 saturated heterocycles. The molecule has 0 bridgehead atoms. The first-order chi connectivity index (χ1) is 7.47. The van der Waals surface area contributed by atoms with Crippen LogP contribution in [-0.2, 0) is 5.54 Å². The van der Waals surface area contributed by atoms with E-state index in [0.29, 0.717) is 5.82 Å². The van der Waals surface area contributed by atoms with Crippen LogP contribution in [0.2, 0.25) is 0 Å². The van der Waals surface area contributed by atoms with Crippen LogP contribution >= 0.6 is 15.9 Å². The fourth-order valence-electron chi connectivity index (χ4n) is 1.21. The third kappa shape index (κ3) is 2.29. The quantitative estimate of drug-likeness (QED) is 0.807. The first-order valence-corrected chi connectivity index (χ1v) is 5.82. The van der Waals surface area contributed by atoms with Crippen LogP contribution in [0, 0.1) is 0 Å². The molecule has 0 aliphatic rings. The van der Waals surface area contributed by atoms with Crippen molar-refractivity contribution in [3.05, 3.63) is 28.7 Å². The lowest BCUT2D eigenvalue weighted by molar-refractivity contribution is 0.306.